The Bertz CT molecular complexity index is 1170. The average Bonchev–Trinajstić information content (AvgIpc) is 3.31. The lowest BCUT2D eigenvalue weighted by atomic mass is 10.00. The van der Waals surface area contributed by atoms with E-state index in [9.17, 15) is 8.42 Å². The highest BCUT2D eigenvalue weighted by Crippen LogP contribution is 2.32. The average molecular weight is 458 g/mol. The maximum atomic E-state index is 13.3. The molecular weight excluding hydrogens is 430 g/mol. The fraction of sp³-hybridized carbons (Fsp3) is 0.391. The first-order chi connectivity index (χ1) is 15.4. The van der Waals surface area contributed by atoms with Crippen LogP contribution in [0.5, 0.6) is 11.5 Å². The Balaban J connectivity index is 1.52. The van der Waals surface area contributed by atoms with Crippen molar-refractivity contribution in [3.8, 4) is 23.0 Å². The minimum atomic E-state index is -3.64. The third kappa shape index (κ3) is 4.49. The molecule has 1 aliphatic rings. The summed E-state index contributed by atoms with van der Waals surface area (Å²) in [6, 6.07) is 12.3. The van der Waals surface area contributed by atoms with Gasteiger partial charge >= 0.3 is 0 Å². The van der Waals surface area contributed by atoms with Gasteiger partial charge in [0, 0.05) is 18.7 Å². The zero-order valence-electron chi connectivity index (χ0n) is 18.4. The van der Waals surface area contributed by atoms with Gasteiger partial charge in [-0.3, -0.25) is 0 Å². The van der Waals surface area contributed by atoms with Gasteiger partial charge in [-0.05, 0) is 74.7 Å². The number of benzene rings is 2. The molecule has 0 saturated carbocycles. The van der Waals surface area contributed by atoms with Crippen LogP contribution in [0.2, 0.25) is 0 Å². The van der Waals surface area contributed by atoms with Gasteiger partial charge in [-0.15, -0.1) is 10.2 Å². The van der Waals surface area contributed by atoms with Gasteiger partial charge in [0.1, 0.15) is 11.5 Å². The summed E-state index contributed by atoms with van der Waals surface area (Å²) in [7, 11) is -2.03. The molecule has 4 rings (SSSR count). The molecule has 8 nitrogen and oxygen atoms in total. The molecule has 2 heterocycles. The van der Waals surface area contributed by atoms with Crippen molar-refractivity contribution in [2.24, 2.45) is 0 Å². The van der Waals surface area contributed by atoms with Crippen LogP contribution >= 0.6 is 0 Å². The Labute approximate surface area is 188 Å². The zero-order chi connectivity index (χ0) is 22.7. The van der Waals surface area contributed by atoms with Crippen LogP contribution in [0.1, 0.15) is 37.1 Å². The van der Waals surface area contributed by atoms with E-state index < -0.39 is 10.0 Å². The Morgan fingerprint density at radius 1 is 1.16 bits per heavy atom. The molecular formula is C23H27N3O5S. The highest BCUT2D eigenvalue weighted by atomic mass is 32.2. The number of sulfonamides is 1. The lowest BCUT2D eigenvalue weighted by Crippen LogP contribution is -2.39. The number of nitrogens with zero attached hydrogens (tertiary/aromatic N) is 3. The number of methoxy groups -OCH3 is 1. The van der Waals surface area contributed by atoms with Crippen LogP contribution < -0.4 is 9.47 Å². The van der Waals surface area contributed by atoms with Crippen molar-refractivity contribution in [3.63, 3.8) is 0 Å². The van der Waals surface area contributed by atoms with E-state index in [-0.39, 0.29) is 10.8 Å². The predicted octanol–water partition coefficient (Wildman–Crippen LogP) is 4.02. The van der Waals surface area contributed by atoms with E-state index in [4.69, 9.17) is 13.9 Å². The molecule has 1 saturated heterocycles. The first-order valence-corrected chi connectivity index (χ1v) is 12.1. The molecule has 1 fully saturated rings. The molecule has 170 valence electrons. The molecule has 1 aromatic heterocycles. The molecule has 3 aromatic rings. The number of rotatable bonds is 7. The molecule has 32 heavy (non-hydrogen) atoms. The van der Waals surface area contributed by atoms with Gasteiger partial charge in [-0.1, -0.05) is 0 Å². The van der Waals surface area contributed by atoms with E-state index in [2.05, 4.69) is 10.2 Å². The van der Waals surface area contributed by atoms with Crippen molar-refractivity contribution in [1.29, 1.82) is 0 Å². The molecule has 0 radical (unpaired) electrons. The quantitative estimate of drug-likeness (QED) is 0.529. The van der Waals surface area contributed by atoms with Crippen molar-refractivity contribution in [3.05, 3.63) is 53.9 Å². The second-order valence-corrected chi connectivity index (χ2v) is 9.67. The Hall–Kier alpha value is -2.91. The first-order valence-electron chi connectivity index (χ1n) is 10.6. The van der Waals surface area contributed by atoms with Crippen LogP contribution in [-0.2, 0) is 10.0 Å². The normalized spacial score (nSPS) is 17.3. The maximum absolute atomic E-state index is 13.3. The monoisotopic (exact) mass is 457 g/mol. The fourth-order valence-electron chi connectivity index (χ4n) is 3.86. The van der Waals surface area contributed by atoms with Gasteiger partial charge in [-0.25, -0.2) is 8.42 Å². The van der Waals surface area contributed by atoms with Crippen LogP contribution in [-0.4, -0.2) is 49.7 Å². The molecule has 1 atom stereocenters. The summed E-state index contributed by atoms with van der Waals surface area (Å²) in [6.45, 7) is 5.05. The van der Waals surface area contributed by atoms with Crippen LogP contribution in [0, 0.1) is 6.92 Å². The molecule has 0 N–H and O–H groups in total. The molecule has 9 heteroatoms. The summed E-state index contributed by atoms with van der Waals surface area (Å²) in [5.74, 6) is 2.15. The fourth-order valence-corrected chi connectivity index (χ4v) is 5.47. The van der Waals surface area contributed by atoms with Crippen molar-refractivity contribution in [2.75, 3.05) is 26.8 Å². The number of ether oxygens (including phenoxy) is 2. The van der Waals surface area contributed by atoms with E-state index >= 15 is 0 Å². The van der Waals surface area contributed by atoms with Crippen molar-refractivity contribution >= 4 is 10.0 Å². The molecule has 1 unspecified atom stereocenters. The number of hydrogen-bond acceptors (Lipinski definition) is 7. The predicted molar refractivity (Wildman–Crippen MR) is 119 cm³/mol. The van der Waals surface area contributed by atoms with Crippen molar-refractivity contribution in [2.45, 2.75) is 37.5 Å². The lowest BCUT2D eigenvalue weighted by molar-refractivity contribution is 0.286. The van der Waals surface area contributed by atoms with Gasteiger partial charge in [0.05, 0.1) is 24.5 Å². The molecule has 1 aliphatic heterocycles. The number of aromatic nitrogens is 2. The van der Waals surface area contributed by atoms with Gasteiger partial charge in [-0.2, -0.15) is 4.31 Å². The van der Waals surface area contributed by atoms with E-state index in [0.29, 0.717) is 37.2 Å². The summed E-state index contributed by atoms with van der Waals surface area (Å²) in [5.41, 5.74) is 1.58. The Morgan fingerprint density at radius 2 is 1.94 bits per heavy atom. The number of piperidine rings is 1. The topological polar surface area (TPSA) is 94.8 Å². The number of hydrogen-bond donors (Lipinski definition) is 0. The SMILES string of the molecule is CCOc1ccc(S(=O)(=O)N2CCCC(c3nnc(-c4ccc(OC)cc4)o3)C2)cc1C. The summed E-state index contributed by atoms with van der Waals surface area (Å²) in [4.78, 5) is 0.267. The van der Waals surface area contributed by atoms with Crippen LogP contribution in [0.4, 0.5) is 0 Å². The highest BCUT2D eigenvalue weighted by molar-refractivity contribution is 7.89. The Morgan fingerprint density at radius 3 is 2.62 bits per heavy atom. The highest BCUT2D eigenvalue weighted by Gasteiger charge is 2.33. The second kappa shape index (κ2) is 9.30. The summed E-state index contributed by atoms with van der Waals surface area (Å²) in [6.07, 6.45) is 1.51. The van der Waals surface area contributed by atoms with Crippen LogP contribution in [0.15, 0.2) is 51.8 Å². The van der Waals surface area contributed by atoms with Gasteiger partial charge in [0.2, 0.25) is 21.8 Å². The van der Waals surface area contributed by atoms with Crippen LogP contribution in [0.3, 0.4) is 0 Å². The third-order valence-corrected chi connectivity index (χ3v) is 7.46. The number of aryl methyl sites for hydroxylation is 1. The summed E-state index contributed by atoms with van der Waals surface area (Å²) < 4.78 is 44.7. The largest absolute Gasteiger partial charge is 0.497 e. The molecule has 2 aromatic carbocycles. The first kappa shape index (κ1) is 22.3. The minimum absolute atomic E-state index is 0.151. The zero-order valence-corrected chi connectivity index (χ0v) is 19.3. The van der Waals surface area contributed by atoms with E-state index in [0.717, 1.165) is 29.7 Å². The van der Waals surface area contributed by atoms with E-state index in [1.807, 2.05) is 38.1 Å². The summed E-state index contributed by atoms with van der Waals surface area (Å²) >= 11 is 0. The standard InChI is InChI=1S/C23H27N3O5S/c1-4-30-21-12-11-20(14-16(21)2)32(27,28)26-13-5-6-18(15-26)23-25-24-22(31-23)17-7-9-19(29-3)10-8-17/h7-12,14,18H,4-6,13,15H2,1-3H3. The van der Waals surface area contributed by atoms with E-state index in [1.54, 1.807) is 25.3 Å². The minimum Gasteiger partial charge on any atom is -0.497 e. The van der Waals surface area contributed by atoms with Crippen molar-refractivity contribution in [1.82, 2.24) is 14.5 Å². The second-order valence-electron chi connectivity index (χ2n) is 7.74. The Kier molecular flexibility index (Phi) is 6.48. The van der Waals surface area contributed by atoms with Crippen LogP contribution in [0.25, 0.3) is 11.5 Å². The smallest absolute Gasteiger partial charge is 0.247 e. The molecule has 0 amide bonds. The van der Waals surface area contributed by atoms with Gasteiger partial charge in [0.25, 0.3) is 0 Å². The maximum Gasteiger partial charge on any atom is 0.247 e. The van der Waals surface area contributed by atoms with Crippen molar-refractivity contribution < 1.29 is 22.3 Å². The molecule has 0 bridgehead atoms. The molecule has 0 aliphatic carbocycles. The van der Waals surface area contributed by atoms with E-state index in [1.165, 1.54) is 4.31 Å². The summed E-state index contributed by atoms with van der Waals surface area (Å²) in [5, 5.41) is 8.37. The molecule has 0 spiro atoms. The third-order valence-electron chi connectivity index (χ3n) is 5.59. The lowest BCUT2D eigenvalue weighted by Gasteiger charge is -2.30. The van der Waals surface area contributed by atoms with Gasteiger partial charge < -0.3 is 13.9 Å². The van der Waals surface area contributed by atoms with Gasteiger partial charge in [0.15, 0.2) is 0 Å².